The predicted molar refractivity (Wildman–Crippen MR) is 114 cm³/mol. The molecule has 0 spiro atoms. The number of nitrogens with zero attached hydrogens (tertiary/aromatic N) is 3. The van der Waals surface area contributed by atoms with Gasteiger partial charge in [0.2, 0.25) is 5.95 Å². The molecular formula is C23H21N5. The number of fused-ring (bicyclic) bond motifs is 3. The summed E-state index contributed by atoms with van der Waals surface area (Å²) in [5, 5.41) is 5.34. The van der Waals surface area contributed by atoms with Gasteiger partial charge in [-0.1, -0.05) is 18.1 Å². The fourth-order valence-electron chi connectivity index (χ4n) is 3.58. The zero-order chi connectivity index (χ0) is 19.1. The highest BCUT2D eigenvalue weighted by molar-refractivity contribution is 6.10. The van der Waals surface area contributed by atoms with Gasteiger partial charge in [0.25, 0.3) is 0 Å². The first-order valence-corrected chi connectivity index (χ1v) is 9.54. The lowest BCUT2D eigenvalue weighted by Crippen LogP contribution is -2.07. The van der Waals surface area contributed by atoms with Crippen LogP contribution in [0.5, 0.6) is 0 Å². The Bertz CT molecular complexity index is 1240. The van der Waals surface area contributed by atoms with Gasteiger partial charge in [-0.2, -0.15) is 4.98 Å². The molecule has 1 aliphatic rings. The van der Waals surface area contributed by atoms with Crippen LogP contribution in [0.1, 0.15) is 30.9 Å². The Labute approximate surface area is 163 Å². The highest BCUT2D eigenvalue weighted by Crippen LogP contribution is 2.31. The van der Waals surface area contributed by atoms with E-state index in [1.54, 1.807) is 0 Å². The summed E-state index contributed by atoms with van der Waals surface area (Å²) >= 11 is 0. The molecule has 0 atom stereocenters. The Hall–Kier alpha value is -3.52. The maximum Gasteiger partial charge on any atom is 0.225 e. The lowest BCUT2D eigenvalue weighted by Gasteiger charge is -2.09. The van der Waals surface area contributed by atoms with E-state index in [1.807, 2.05) is 13.0 Å². The maximum absolute atomic E-state index is 6.31. The van der Waals surface area contributed by atoms with Gasteiger partial charge in [0.1, 0.15) is 5.82 Å². The van der Waals surface area contributed by atoms with Gasteiger partial charge in [0.05, 0.1) is 10.9 Å². The highest BCUT2D eigenvalue weighted by Gasteiger charge is 2.22. The van der Waals surface area contributed by atoms with E-state index in [9.17, 15) is 0 Å². The van der Waals surface area contributed by atoms with Crippen LogP contribution in [0.3, 0.4) is 0 Å². The molecule has 4 aromatic rings. The van der Waals surface area contributed by atoms with Gasteiger partial charge in [0.15, 0.2) is 0 Å². The average Bonchev–Trinajstić information content (AvgIpc) is 3.41. The van der Waals surface area contributed by atoms with E-state index in [0.717, 1.165) is 33.9 Å². The van der Waals surface area contributed by atoms with Crippen LogP contribution in [0.2, 0.25) is 0 Å². The first-order chi connectivity index (χ1) is 13.7. The van der Waals surface area contributed by atoms with E-state index >= 15 is 0 Å². The van der Waals surface area contributed by atoms with Crippen LogP contribution in [0.25, 0.3) is 21.8 Å². The van der Waals surface area contributed by atoms with Crippen LogP contribution in [-0.4, -0.2) is 20.6 Å². The van der Waals surface area contributed by atoms with Gasteiger partial charge >= 0.3 is 0 Å². The van der Waals surface area contributed by atoms with Crippen molar-refractivity contribution >= 4 is 33.6 Å². The third-order valence-electron chi connectivity index (χ3n) is 5.13. The van der Waals surface area contributed by atoms with Gasteiger partial charge in [-0.15, -0.1) is 5.92 Å². The monoisotopic (exact) mass is 367 g/mol. The molecule has 2 heterocycles. The molecule has 5 nitrogen and oxygen atoms in total. The summed E-state index contributed by atoms with van der Waals surface area (Å²) < 4.78 is 2.23. The molecule has 5 heteroatoms. The Kier molecular flexibility index (Phi) is 3.91. The summed E-state index contributed by atoms with van der Waals surface area (Å²) in [6.07, 6.45) is 4.45. The van der Waals surface area contributed by atoms with Gasteiger partial charge in [0, 0.05) is 35.2 Å². The summed E-state index contributed by atoms with van der Waals surface area (Å²) in [6.45, 7) is 2.64. The van der Waals surface area contributed by atoms with E-state index in [4.69, 9.17) is 5.73 Å². The van der Waals surface area contributed by atoms with Crippen LogP contribution in [-0.2, 0) is 6.54 Å². The standard InChI is InChI=1S/C23H21N5/c1-2-3-15-4-6-16(7-5-15)14-28-13-12-18-20(28)11-10-19-21(18)22(24)27-23(26-19)25-17-8-9-17/h4-7,10-13,17H,8-9,14H2,1H3,(H3,24,25,26,27). The molecule has 0 aliphatic heterocycles. The van der Waals surface area contributed by atoms with Crippen molar-refractivity contribution in [3.63, 3.8) is 0 Å². The van der Waals surface area contributed by atoms with Crippen LogP contribution in [0.4, 0.5) is 11.8 Å². The van der Waals surface area contributed by atoms with Crippen molar-refractivity contribution in [1.82, 2.24) is 14.5 Å². The normalized spacial score (nSPS) is 13.5. The van der Waals surface area contributed by atoms with Crippen LogP contribution < -0.4 is 11.1 Å². The van der Waals surface area contributed by atoms with E-state index in [2.05, 4.69) is 74.3 Å². The molecule has 138 valence electrons. The molecule has 1 aliphatic carbocycles. The highest BCUT2D eigenvalue weighted by atomic mass is 15.1. The summed E-state index contributed by atoms with van der Waals surface area (Å²) in [7, 11) is 0. The van der Waals surface area contributed by atoms with E-state index in [0.29, 0.717) is 17.8 Å². The van der Waals surface area contributed by atoms with Gasteiger partial charge < -0.3 is 15.6 Å². The summed E-state index contributed by atoms with van der Waals surface area (Å²) in [6, 6.07) is 15.1. The first kappa shape index (κ1) is 16.6. The topological polar surface area (TPSA) is 68.8 Å². The third kappa shape index (κ3) is 3.03. The second-order valence-electron chi connectivity index (χ2n) is 7.26. The number of rotatable bonds is 4. The fraction of sp³-hybridized carbons (Fsp3) is 0.217. The molecule has 0 bridgehead atoms. The Balaban J connectivity index is 1.52. The molecule has 2 aromatic heterocycles. The van der Waals surface area contributed by atoms with Crippen LogP contribution >= 0.6 is 0 Å². The van der Waals surface area contributed by atoms with Gasteiger partial charge in [-0.05, 0) is 55.7 Å². The minimum atomic E-state index is 0.497. The molecule has 0 radical (unpaired) electrons. The number of hydrogen-bond acceptors (Lipinski definition) is 4. The number of nitrogen functional groups attached to an aromatic ring is 1. The molecule has 5 rings (SSSR count). The van der Waals surface area contributed by atoms with Crippen LogP contribution in [0, 0.1) is 11.8 Å². The molecule has 0 saturated heterocycles. The second-order valence-corrected chi connectivity index (χ2v) is 7.26. The number of benzene rings is 2. The Morgan fingerprint density at radius 1 is 1.11 bits per heavy atom. The lowest BCUT2D eigenvalue weighted by atomic mass is 10.1. The summed E-state index contributed by atoms with van der Waals surface area (Å²) in [4.78, 5) is 9.15. The smallest absolute Gasteiger partial charge is 0.225 e. The molecule has 2 aromatic carbocycles. The number of anilines is 2. The van der Waals surface area contributed by atoms with Crippen LogP contribution in [0.15, 0.2) is 48.7 Å². The maximum atomic E-state index is 6.31. The summed E-state index contributed by atoms with van der Waals surface area (Å²) in [5.41, 5.74) is 10.6. The zero-order valence-corrected chi connectivity index (χ0v) is 15.7. The van der Waals surface area contributed by atoms with Crippen molar-refractivity contribution in [1.29, 1.82) is 0 Å². The molecule has 3 N–H and O–H groups in total. The quantitative estimate of drug-likeness (QED) is 0.532. The minimum absolute atomic E-state index is 0.497. The predicted octanol–water partition coefficient (Wildman–Crippen LogP) is 4.16. The number of nitrogens with two attached hydrogens (primary N) is 1. The van der Waals surface area contributed by atoms with Crippen molar-refractivity contribution in [2.24, 2.45) is 0 Å². The fourth-order valence-corrected chi connectivity index (χ4v) is 3.58. The number of nitrogens with one attached hydrogen (secondary N) is 1. The Morgan fingerprint density at radius 2 is 1.93 bits per heavy atom. The SMILES string of the molecule is CC#Cc1ccc(Cn2ccc3c4c(N)nc(NC5CC5)nc4ccc32)cc1. The second kappa shape index (κ2) is 6.58. The van der Waals surface area contributed by atoms with Crippen molar-refractivity contribution in [3.05, 3.63) is 59.8 Å². The van der Waals surface area contributed by atoms with Crippen molar-refractivity contribution in [2.45, 2.75) is 32.4 Å². The van der Waals surface area contributed by atoms with E-state index in [1.165, 1.54) is 18.4 Å². The van der Waals surface area contributed by atoms with Gasteiger partial charge in [-0.25, -0.2) is 4.98 Å². The van der Waals surface area contributed by atoms with E-state index in [-0.39, 0.29) is 0 Å². The van der Waals surface area contributed by atoms with Crippen molar-refractivity contribution in [3.8, 4) is 11.8 Å². The molecular weight excluding hydrogens is 346 g/mol. The Morgan fingerprint density at radius 3 is 2.68 bits per heavy atom. The molecule has 1 saturated carbocycles. The van der Waals surface area contributed by atoms with Gasteiger partial charge in [-0.3, -0.25) is 0 Å². The first-order valence-electron chi connectivity index (χ1n) is 9.54. The molecule has 0 unspecified atom stereocenters. The minimum Gasteiger partial charge on any atom is -0.383 e. The lowest BCUT2D eigenvalue weighted by molar-refractivity contribution is 0.837. The number of hydrogen-bond donors (Lipinski definition) is 2. The third-order valence-corrected chi connectivity index (χ3v) is 5.13. The van der Waals surface area contributed by atoms with Crippen molar-refractivity contribution in [2.75, 3.05) is 11.1 Å². The molecule has 1 fully saturated rings. The van der Waals surface area contributed by atoms with E-state index < -0.39 is 0 Å². The number of aromatic nitrogens is 3. The zero-order valence-electron chi connectivity index (χ0n) is 15.7. The average molecular weight is 367 g/mol. The summed E-state index contributed by atoms with van der Waals surface area (Å²) in [5.74, 6) is 7.16. The van der Waals surface area contributed by atoms with Crippen molar-refractivity contribution < 1.29 is 0 Å². The molecule has 28 heavy (non-hydrogen) atoms. The molecule has 0 amide bonds. The largest absolute Gasteiger partial charge is 0.383 e.